The highest BCUT2D eigenvalue weighted by atomic mass is 35.5. The number of benzene rings is 2. The lowest BCUT2D eigenvalue weighted by Crippen LogP contribution is -2.10. The maximum Gasteiger partial charge on any atom is 0.231 e. The van der Waals surface area contributed by atoms with Gasteiger partial charge in [-0.05, 0) is 38.1 Å². The molecule has 0 fully saturated rings. The molecule has 0 saturated heterocycles. The molecule has 1 aliphatic rings. The normalized spacial score (nSPS) is 12.6. The number of nitrogens with one attached hydrogen (secondary N) is 1. The van der Waals surface area contributed by atoms with Crippen molar-refractivity contribution in [3.63, 3.8) is 0 Å². The van der Waals surface area contributed by atoms with Crippen LogP contribution in [0.1, 0.15) is 19.4 Å². The first kappa shape index (κ1) is 16.1. The van der Waals surface area contributed by atoms with Crippen molar-refractivity contribution in [2.75, 3.05) is 12.1 Å². The van der Waals surface area contributed by atoms with Crippen LogP contribution in [-0.4, -0.2) is 12.9 Å². The Morgan fingerprint density at radius 3 is 2.70 bits per heavy atom. The lowest BCUT2D eigenvalue weighted by Gasteiger charge is -2.17. The van der Waals surface area contributed by atoms with Crippen molar-refractivity contribution in [2.24, 2.45) is 0 Å². The highest BCUT2D eigenvalue weighted by Crippen LogP contribution is 2.36. The number of rotatable bonds is 5. The highest BCUT2D eigenvalue weighted by Gasteiger charge is 2.15. The van der Waals surface area contributed by atoms with E-state index < -0.39 is 0 Å². The summed E-state index contributed by atoms with van der Waals surface area (Å²) in [6, 6.07) is 9.25. The molecule has 0 aliphatic carbocycles. The third-order valence-corrected chi connectivity index (χ3v) is 3.79. The van der Waals surface area contributed by atoms with Gasteiger partial charge >= 0.3 is 0 Å². The number of anilines is 1. The number of halogens is 2. The summed E-state index contributed by atoms with van der Waals surface area (Å²) in [5, 5.41) is 4.41. The first-order chi connectivity index (χ1) is 11.0. The largest absolute Gasteiger partial charge is 0.489 e. The van der Waals surface area contributed by atoms with E-state index >= 15 is 0 Å². The van der Waals surface area contributed by atoms with Gasteiger partial charge in [-0.3, -0.25) is 0 Å². The monoisotopic (exact) mass is 353 g/mol. The van der Waals surface area contributed by atoms with Gasteiger partial charge in [-0.15, -0.1) is 0 Å². The smallest absolute Gasteiger partial charge is 0.231 e. The molecule has 0 saturated carbocycles. The zero-order chi connectivity index (χ0) is 16.4. The van der Waals surface area contributed by atoms with Crippen molar-refractivity contribution in [3.8, 4) is 17.2 Å². The Balaban J connectivity index is 1.79. The van der Waals surface area contributed by atoms with Crippen LogP contribution < -0.4 is 19.5 Å². The molecule has 3 rings (SSSR count). The van der Waals surface area contributed by atoms with Gasteiger partial charge in [-0.1, -0.05) is 23.2 Å². The SMILES string of the molecule is CC(C)Oc1c(Cl)cc(Cl)cc1CNc1ccc2c(c1)OCO2. The van der Waals surface area contributed by atoms with Crippen LogP contribution in [0.3, 0.4) is 0 Å². The number of hydrogen-bond acceptors (Lipinski definition) is 4. The van der Waals surface area contributed by atoms with Crippen LogP contribution in [0, 0.1) is 0 Å². The maximum atomic E-state index is 6.26. The molecular weight excluding hydrogens is 337 g/mol. The molecule has 0 radical (unpaired) electrons. The molecule has 0 atom stereocenters. The van der Waals surface area contributed by atoms with Gasteiger partial charge in [-0.25, -0.2) is 0 Å². The first-order valence-electron chi connectivity index (χ1n) is 7.31. The molecule has 6 heteroatoms. The number of fused-ring (bicyclic) bond motifs is 1. The topological polar surface area (TPSA) is 39.7 Å². The van der Waals surface area contributed by atoms with Crippen LogP contribution in [-0.2, 0) is 6.54 Å². The molecule has 1 aliphatic heterocycles. The minimum atomic E-state index is 0.0259. The van der Waals surface area contributed by atoms with E-state index in [1.54, 1.807) is 6.07 Å². The van der Waals surface area contributed by atoms with E-state index in [1.807, 2.05) is 38.1 Å². The van der Waals surface area contributed by atoms with E-state index in [0.29, 0.717) is 22.3 Å². The van der Waals surface area contributed by atoms with Crippen molar-refractivity contribution in [3.05, 3.63) is 45.9 Å². The molecule has 23 heavy (non-hydrogen) atoms. The zero-order valence-electron chi connectivity index (χ0n) is 12.9. The van der Waals surface area contributed by atoms with Crippen LogP contribution in [0.5, 0.6) is 17.2 Å². The van der Waals surface area contributed by atoms with E-state index in [2.05, 4.69) is 5.32 Å². The van der Waals surface area contributed by atoms with Crippen LogP contribution in [0.4, 0.5) is 5.69 Å². The van der Waals surface area contributed by atoms with Crippen molar-refractivity contribution < 1.29 is 14.2 Å². The third-order valence-electron chi connectivity index (χ3n) is 3.29. The fourth-order valence-corrected chi connectivity index (χ4v) is 2.90. The van der Waals surface area contributed by atoms with Crippen molar-refractivity contribution in [1.82, 2.24) is 0 Å². The van der Waals surface area contributed by atoms with Gasteiger partial charge in [-0.2, -0.15) is 0 Å². The van der Waals surface area contributed by atoms with Crippen LogP contribution in [0.25, 0.3) is 0 Å². The molecule has 2 aromatic rings. The Morgan fingerprint density at radius 2 is 1.91 bits per heavy atom. The average Bonchev–Trinajstić information content (AvgIpc) is 2.95. The number of hydrogen-bond donors (Lipinski definition) is 1. The predicted octanol–water partition coefficient (Wildman–Crippen LogP) is 5.12. The van der Waals surface area contributed by atoms with Gasteiger partial charge in [0.15, 0.2) is 11.5 Å². The van der Waals surface area contributed by atoms with Gasteiger partial charge in [0.05, 0.1) is 11.1 Å². The van der Waals surface area contributed by atoms with Crippen LogP contribution >= 0.6 is 23.2 Å². The number of ether oxygens (including phenoxy) is 3. The fourth-order valence-electron chi connectivity index (χ4n) is 2.32. The lowest BCUT2D eigenvalue weighted by molar-refractivity contribution is 0.174. The average molecular weight is 354 g/mol. The first-order valence-corrected chi connectivity index (χ1v) is 8.06. The summed E-state index contributed by atoms with van der Waals surface area (Å²) in [4.78, 5) is 0. The standard InChI is InChI=1S/C17H17Cl2NO3/c1-10(2)23-17-11(5-12(18)6-14(17)19)8-20-13-3-4-15-16(7-13)22-9-21-15/h3-7,10,20H,8-9H2,1-2H3. The quantitative estimate of drug-likeness (QED) is 0.809. The van der Waals surface area contributed by atoms with E-state index in [9.17, 15) is 0 Å². The Labute approximate surface area is 145 Å². The van der Waals surface area contributed by atoms with Gasteiger partial charge in [0.25, 0.3) is 0 Å². The summed E-state index contributed by atoms with van der Waals surface area (Å²) < 4.78 is 16.5. The summed E-state index contributed by atoms with van der Waals surface area (Å²) in [5.74, 6) is 2.14. The van der Waals surface area contributed by atoms with Gasteiger partial charge < -0.3 is 19.5 Å². The van der Waals surface area contributed by atoms with Gasteiger partial charge in [0, 0.05) is 28.9 Å². The second kappa shape index (κ2) is 6.77. The summed E-state index contributed by atoms with van der Waals surface area (Å²) in [6.45, 7) is 4.71. The summed E-state index contributed by atoms with van der Waals surface area (Å²) in [7, 11) is 0. The predicted molar refractivity (Wildman–Crippen MR) is 92.1 cm³/mol. The lowest BCUT2D eigenvalue weighted by atomic mass is 10.2. The van der Waals surface area contributed by atoms with Gasteiger partial charge in [0.2, 0.25) is 6.79 Å². The van der Waals surface area contributed by atoms with Crippen molar-refractivity contribution in [2.45, 2.75) is 26.5 Å². The van der Waals surface area contributed by atoms with Crippen molar-refractivity contribution >= 4 is 28.9 Å². The van der Waals surface area contributed by atoms with Crippen molar-refractivity contribution in [1.29, 1.82) is 0 Å². The molecule has 0 bridgehead atoms. The second-order valence-electron chi connectivity index (χ2n) is 5.46. The molecule has 122 valence electrons. The van der Waals surface area contributed by atoms with E-state index in [1.165, 1.54) is 0 Å². The Kier molecular flexibility index (Phi) is 4.74. The fraction of sp³-hybridized carbons (Fsp3) is 0.294. The Bertz CT molecular complexity index is 719. The second-order valence-corrected chi connectivity index (χ2v) is 6.31. The molecule has 0 unspecified atom stereocenters. The highest BCUT2D eigenvalue weighted by molar-refractivity contribution is 6.35. The minimum absolute atomic E-state index is 0.0259. The summed E-state index contributed by atoms with van der Waals surface area (Å²) >= 11 is 12.4. The Hall–Kier alpha value is -1.78. The summed E-state index contributed by atoms with van der Waals surface area (Å²) in [5.41, 5.74) is 1.81. The van der Waals surface area contributed by atoms with Gasteiger partial charge in [0.1, 0.15) is 5.75 Å². The summed E-state index contributed by atoms with van der Waals surface area (Å²) in [6.07, 6.45) is 0.0259. The molecule has 4 nitrogen and oxygen atoms in total. The molecule has 0 aromatic heterocycles. The minimum Gasteiger partial charge on any atom is -0.489 e. The molecule has 1 N–H and O–H groups in total. The molecular formula is C17H17Cl2NO3. The van der Waals surface area contributed by atoms with Crippen LogP contribution in [0.15, 0.2) is 30.3 Å². The third kappa shape index (κ3) is 3.77. The Morgan fingerprint density at radius 1 is 1.13 bits per heavy atom. The zero-order valence-corrected chi connectivity index (χ0v) is 14.4. The molecule has 2 aromatic carbocycles. The van der Waals surface area contributed by atoms with E-state index in [4.69, 9.17) is 37.4 Å². The maximum absolute atomic E-state index is 6.26. The molecule has 0 amide bonds. The van der Waals surface area contributed by atoms with Crippen LogP contribution in [0.2, 0.25) is 10.0 Å². The molecule has 1 heterocycles. The van der Waals surface area contributed by atoms with E-state index in [-0.39, 0.29) is 12.9 Å². The van der Waals surface area contributed by atoms with E-state index in [0.717, 1.165) is 22.7 Å². The molecule has 0 spiro atoms.